The maximum atomic E-state index is 2.36. The molecule has 1 aliphatic carbocycles. The number of halogens is 2. The molecule has 0 aromatic heterocycles. The van der Waals surface area contributed by atoms with Crippen molar-refractivity contribution in [2.45, 2.75) is 19.6 Å². The van der Waals surface area contributed by atoms with Crippen molar-refractivity contribution in [3.05, 3.63) is 37.6 Å². The molecule has 75 valence electrons. The normalized spacial score (nSPS) is 17.8. The molecule has 0 bridgehead atoms. The van der Waals surface area contributed by atoms with Gasteiger partial charge in [0.15, 0.2) is 0 Å². The molecule has 0 amide bonds. The van der Waals surface area contributed by atoms with E-state index in [1.165, 1.54) is 5.54 Å². The van der Waals surface area contributed by atoms with Gasteiger partial charge in [-0.3, -0.25) is 0 Å². The van der Waals surface area contributed by atoms with Crippen molar-refractivity contribution in [3.8, 4) is 0 Å². The van der Waals surface area contributed by atoms with E-state index in [4.69, 9.17) is 0 Å². The smallest absolute Gasteiger partial charge is 1.00 e. The van der Waals surface area contributed by atoms with Crippen LogP contribution in [0.1, 0.15) is 0 Å². The Hall–Kier alpha value is 1.42. The second-order valence-corrected chi connectivity index (χ2v) is 8.69. The van der Waals surface area contributed by atoms with Crippen molar-refractivity contribution in [3.63, 3.8) is 0 Å². The maximum absolute atomic E-state index is 2.36. The Kier molecular flexibility index (Phi) is 13.3. The molecular formula is C9H14Cl2RuSi+. The summed E-state index contributed by atoms with van der Waals surface area (Å²) in [6.07, 6.45) is 10.8. The Bertz CT molecular complexity index is 109. The van der Waals surface area contributed by atoms with E-state index in [1.54, 1.807) is 0 Å². The van der Waals surface area contributed by atoms with Crippen LogP contribution in [0.5, 0.6) is 0 Å². The molecule has 0 saturated heterocycles. The van der Waals surface area contributed by atoms with Crippen molar-refractivity contribution in [2.75, 3.05) is 0 Å². The monoisotopic (exact) mass is 322 g/mol. The van der Waals surface area contributed by atoms with E-state index < -0.39 is 8.07 Å². The van der Waals surface area contributed by atoms with Crippen LogP contribution in [0.25, 0.3) is 0 Å². The van der Waals surface area contributed by atoms with Gasteiger partial charge < -0.3 is 24.8 Å². The molecule has 1 aliphatic rings. The zero-order valence-corrected chi connectivity index (χ0v) is 12.2. The molecule has 0 heterocycles. The van der Waals surface area contributed by atoms with Gasteiger partial charge >= 0.3 is 19.5 Å². The molecule has 13 heavy (non-hydrogen) atoms. The molecule has 1 saturated carbocycles. The zero-order valence-electron chi connectivity index (χ0n) is 8.00. The molecule has 1 rings (SSSR count). The molecule has 0 spiro atoms. The standard InChI is InChI=1S/C9H14Si.2ClH.Ru/c1-10(2,3)9-7-5-4-6-8-9;;;/h4-8H,1-3H3;2*1H;/q;;;+3/p-2. The van der Waals surface area contributed by atoms with Gasteiger partial charge in [-0.1, -0.05) is 19.6 Å². The third-order valence-electron chi connectivity index (χ3n) is 1.64. The molecule has 7 radical (unpaired) electrons. The summed E-state index contributed by atoms with van der Waals surface area (Å²) in [5.74, 6) is 0. The van der Waals surface area contributed by atoms with E-state index in [0.717, 1.165) is 0 Å². The average Bonchev–Trinajstić information content (AvgIpc) is 1.88. The second kappa shape index (κ2) is 8.71. The van der Waals surface area contributed by atoms with Gasteiger partial charge in [-0.15, -0.1) is 0 Å². The second-order valence-electron chi connectivity index (χ2n) is 3.62. The SMILES string of the molecule is C[Si](C)(C)[C]1[CH][CH][CH][CH][CH]1.[Cl-].[Cl-].[Ru+3]. The third kappa shape index (κ3) is 7.36. The van der Waals surface area contributed by atoms with Crippen LogP contribution in [0.4, 0.5) is 0 Å². The Morgan fingerprint density at radius 2 is 1.23 bits per heavy atom. The van der Waals surface area contributed by atoms with Gasteiger partial charge in [-0.2, -0.15) is 0 Å². The summed E-state index contributed by atoms with van der Waals surface area (Å²) in [5, 5.41) is 0. The fraction of sp³-hybridized carbons (Fsp3) is 0.333. The minimum atomic E-state index is -1.03. The van der Waals surface area contributed by atoms with Gasteiger partial charge in [0, 0.05) is 0 Å². The molecule has 0 nitrogen and oxygen atoms in total. The number of rotatable bonds is 1. The van der Waals surface area contributed by atoms with Crippen molar-refractivity contribution < 1.29 is 44.3 Å². The molecule has 0 aliphatic heterocycles. The van der Waals surface area contributed by atoms with Gasteiger partial charge in [0.1, 0.15) is 0 Å². The largest absolute Gasteiger partial charge is 3.00 e. The first-order valence-electron chi connectivity index (χ1n) is 3.66. The summed E-state index contributed by atoms with van der Waals surface area (Å²) in [6, 6.07) is 0. The zero-order chi connectivity index (χ0) is 7.61. The van der Waals surface area contributed by atoms with E-state index in [-0.39, 0.29) is 44.3 Å². The Morgan fingerprint density at radius 3 is 1.46 bits per heavy atom. The first-order valence-corrected chi connectivity index (χ1v) is 7.16. The summed E-state index contributed by atoms with van der Waals surface area (Å²) in [6.45, 7) is 7.09. The van der Waals surface area contributed by atoms with Crippen molar-refractivity contribution in [1.29, 1.82) is 0 Å². The van der Waals surface area contributed by atoms with E-state index in [2.05, 4.69) is 51.7 Å². The number of hydrogen-bond donors (Lipinski definition) is 0. The molecule has 0 unspecified atom stereocenters. The Morgan fingerprint density at radius 1 is 0.846 bits per heavy atom. The van der Waals surface area contributed by atoms with Crippen molar-refractivity contribution in [1.82, 2.24) is 0 Å². The van der Waals surface area contributed by atoms with Crippen molar-refractivity contribution in [2.24, 2.45) is 0 Å². The Balaban J connectivity index is -0.000000333. The minimum Gasteiger partial charge on any atom is -1.00 e. The van der Waals surface area contributed by atoms with Gasteiger partial charge in [0.05, 0.1) is 8.07 Å². The minimum absolute atomic E-state index is 0. The Labute approximate surface area is 109 Å². The van der Waals surface area contributed by atoms with Crippen LogP contribution in [0.2, 0.25) is 19.6 Å². The van der Waals surface area contributed by atoms with Gasteiger partial charge in [0.25, 0.3) is 0 Å². The molecule has 4 heteroatoms. The molecule has 0 aromatic carbocycles. The van der Waals surface area contributed by atoms with E-state index >= 15 is 0 Å². The predicted molar refractivity (Wildman–Crippen MR) is 48.1 cm³/mol. The summed E-state index contributed by atoms with van der Waals surface area (Å²) in [5.41, 5.74) is 1.54. The van der Waals surface area contributed by atoms with Gasteiger partial charge in [-0.05, 0) is 37.6 Å². The van der Waals surface area contributed by atoms with Crippen LogP contribution in [0.15, 0.2) is 0 Å². The summed E-state index contributed by atoms with van der Waals surface area (Å²) in [7, 11) is -1.03. The maximum Gasteiger partial charge on any atom is 3.00 e. The van der Waals surface area contributed by atoms with Crippen LogP contribution in [0.3, 0.4) is 0 Å². The first kappa shape index (κ1) is 19.9. The summed E-state index contributed by atoms with van der Waals surface area (Å²) < 4.78 is 0. The quantitative estimate of drug-likeness (QED) is 0.439. The van der Waals surface area contributed by atoms with Crippen LogP contribution in [0, 0.1) is 37.6 Å². The predicted octanol–water partition coefficient (Wildman–Crippen LogP) is -3.52. The van der Waals surface area contributed by atoms with Crippen molar-refractivity contribution >= 4 is 8.07 Å². The fourth-order valence-corrected chi connectivity index (χ4v) is 2.13. The number of hydrogen-bond acceptors (Lipinski definition) is 0. The van der Waals surface area contributed by atoms with Gasteiger partial charge in [0.2, 0.25) is 0 Å². The topological polar surface area (TPSA) is 0 Å². The fourth-order valence-electron chi connectivity index (χ4n) is 0.938. The van der Waals surface area contributed by atoms with Crippen LogP contribution < -0.4 is 24.8 Å². The molecule has 0 aromatic rings. The first-order chi connectivity index (χ1) is 4.61. The van der Waals surface area contributed by atoms with E-state index in [0.29, 0.717) is 0 Å². The molecular weight excluding hydrogens is 308 g/mol. The van der Waals surface area contributed by atoms with E-state index in [9.17, 15) is 0 Å². The van der Waals surface area contributed by atoms with Crippen LogP contribution in [-0.2, 0) is 19.5 Å². The van der Waals surface area contributed by atoms with Crippen LogP contribution in [-0.4, -0.2) is 8.07 Å². The average molecular weight is 322 g/mol. The summed E-state index contributed by atoms with van der Waals surface area (Å²) >= 11 is 0. The van der Waals surface area contributed by atoms with Gasteiger partial charge in [-0.25, -0.2) is 0 Å². The van der Waals surface area contributed by atoms with Crippen LogP contribution >= 0.6 is 0 Å². The summed E-state index contributed by atoms with van der Waals surface area (Å²) in [4.78, 5) is 0. The molecule has 1 fully saturated rings. The molecule has 0 atom stereocenters. The molecule has 0 N–H and O–H groups in total. The van der Waals surface area contributed by atoms with E-state index in [1.807, 2.05) is 0 Å². The third-order valence-corrected chi connectivity index (χ3v) is 3.71.